The number of rotatable bonds is 15. The zero-order valence-corrected chi connectivity index (χ0v) is 26.7. The summed E-state index contributed by atoms with van der Waals surface area (Å²) in [6.07, 6.45) is -1.06. The molecule has 0 spiro atoms. The fraction of sp³-hybridized carbons (Fsp3) is 0.303. The third kappa shape index (κ3) is 8.85. The highest BCUT2D eigenvalue weighted by atomic mass is 35.5. The van der Waals surface area contributed by atoms with Crippen LogP contribution in [0.1, 0.15) is 35.2 Å². The fourth-order valence-electron chi connectivity index (χ4n) is 4.97. The van der Waals surface area contributed by atoms with Crippen molar-refractivity contribution in [1.82, 2.24) is 20.1 Å². The third-order valence-corrected chi connectivity index (χ3v) is 7.41. The second kappa shape index (κ2) is 16.0. The summed E-state index contributed by atoms with van der Waals surface area (Å²) in [5.74, 6) is 2.28. The number of nitrogens with one attached hydrogen (secondary N) is 2. The molecule has 1 aliphatic heterocycles. The average molecular weight is 663 g/mol. The number of methoxy groups -OCH3 is 1. The zero-order valence-electron chi connectivity index (χ0n) is 25.9. The topological polar surface area (TPSA) is 158 Å². The maximum Gasteiger partial charge on any atom is 0.404 e. The molecular weight excluding hydrogens is 628 g/mol. The molecule has 0 unspecified atom stereocenters. The largest absolute Gasteiger partial charge is 0.497 e. The van der Waals surface area contributed by atoms with E-state index in [-0.39, 0.29) is 25.5 Å². The number of nitrogens with zero attached hydrogens (tertiary/aromatic N) is 4. The number of carbonyl (C=O) groups is 2. The molecule has 0 saturated carbocycles. The maximum atomic E-state index is 13.4. The highest BCUT2D eigenvalue weighted by Crippen LogP contribution is 2.34. The maximum absolute atomic E-state index is 13.4. The quantitative estimate of drug-likeness (QED) is 0.152. The van der Waals surface area contributed by atoms with E-state index in [0.29, 0.717) is 66.0 Å². The number of carboxylic acid groups (broad SMARTS) is 1. The number of hydrogen-bond donors (Lipinski definition) is 3. The number of aromatic nitrogens is 3. The van der Waals surface area contributed by atoms with Crippen molar-refractivity contribution >= 4 is 35.0 Å². The number of amides is 2. The highest BCUT2D eigenvalue weighted by molar-refractivity contribution is 6.30. The van der Waals surface area contributed by atoms with E-state index in [4.69, 9.17) is 40.6 Å². The molecule has 3 aromatic carbocycles. The van der Waals surface area contributed by atoms with Crippen LogP contribution in [0.2, 0.25) is 5.02 Å². The van der Waals surface area contributed by atoms with Crippen LogP contribution in [0, 0.1) is 6.92 Å². The van der Waals surface area contributed by atoms with E-state index in [0.717, 1.165) is 16.8 Å². The molecule has 2 amide bonds. The summed E-state index contributed by atoms with van der Waals surface area (Å²) in [7, 11) is 1.61. The summed E-state index contributed by atoms with van der Waals surface area (Å²) in [6.45, 7) is 3.77. The minimum Gasteiger partial charge on any atom is -0.497 e. The lowest BCUT2D eigenvalue weighted by molar-refractivity contribution is -0.116. The monoisotopic (exact) mass is 662 g/mol. The number of fused-ring (bicyclic) bond motifs is 3. The van der Waals surface area contributed by atoms with E-state index in [1.165, 1.54) is 0 Å². The zero-order chi connectivity index (χ0) is 33.2. The number of benzene rings is 3. The lowest BCUT2D eigenvalue weighted by Gasteiger charge is -2.14. The molecule has 246 valence electrons. The molecule has 1 aliphatic rings. The number of hydrogen-bond acceptors (Lipinski definition) is 9. The Morgan fingerprint density at radius 2 is 1.62 bits per heavy atom. The van der Waals surface area contributed by atoms with Crippen LogP contribution in [-0.4, -0.2) is 84.3 Å². The van der Waals surface area contributed by atoms with Crippen molar-refractivity contribution in [2.45, 2.75) is 19.4 Å². The number of carbonyl (C=O) groups excluding carboxylic acids is 1. The Bertz CT molecular complexity index is 1710. The predicted octanol–water partition coefficient (Wildman–Crippen LogP) is 4.84. The van der Waals surface area contributed by atoms with E-state index >= 15 is 0 Å². The van der Waals surface area contributed by atoms with E-state index in [1.54, 1.807) is 43.5 Å². The van der Waals surface area contributed by atoms with Crippen LogP contribution < -0.4 is 20.1 Å². The lowest BCUT2D eigenvalue weighted by Crippen LogP contribution is -2.25. The Kier molecular flexibility index (Phi) is 11.4. The van der Waals surface area contributed by atoms with Gasteiger partial charge in [0, 0.05) is 28.4 Å². The number of aliphatic imine (C=N–C) groups is 1. The van der Waals surface area contributed by atoms with Crippen LogP contribution in [0.15, 0.2) is 71.7 Å². The molecule has 4 aromatic rings. The van der Waals surface area contributed by atoms with Crippen LogP contribution >= 0.6 is 11.6 Å². The average Bonchev–Trinajstić information content (AvgIpc) is 3.39. The van der Waals surface area contributed by atoms with Gasteiger partial charge in [-0.25, -0.2) is 4.79 Å². The van der Waals surface area contributed by atoms with Crippen LogP contribution in [0.4, 0.5) is 10.5 Å². The van der Waals surface area contributed by atoms with E-state index in [2.05, 4.69) is 20.8 Å². The molecule has 13 nitrogen and oxygen atoms in total. The Labute approximate surface area is 276 Å². The van der Waals surface area contributed by atoms with Crippen molar-refractivity contribution in [3.05, 3.63) is 94.5 Å². The van der Waals surface area contributed by atoms with Gasteiger partial charge in [-0.2, -0.15) is 0 Å². The lowest BCUT2D eigenvalue weighted by atomic mass is 10.00. The molecule has 0 aliphatic carbocycles. The first kappa shape index (κ1) is 33.4. The van der Waals surface area contributed by atoms with Gasteiger partial charge in [-0.15, -0.1) is 10.2 Å². The summed E-state index contributed by atoms with van der Waals surface area (Å²) in [5.41, 5.74) is 3.78. The first-order chi connectivity index (χ1) is 22.8. The molecule has 2 heterocycles. The summed E-state index contributed by atoms with van der Waals surface area (Å²) in [6, 6.07) is 19.6. The van der Waals surface area contributed by atoms with Crippen LogP contribution in [0.5, 0.6) is 11.5 Å². The van der Waals surface area contributed by atoms with E-state index < -0.39 is 12.1 Å². The van der Waals surface area contributed by atoms with Crippen molar-refractivity contribution in [2.24, 2.45) is 4.99 Å². The standard InChI is InChI=1S/C33H35ClN6O7/c1-21-38-39-32-28(37-31(22-3-5-23(34)6-4-22)27-19-26(44-2)11-12-29(27)40(21)32)20-30(41)36-24-7-9-25(10-8-24)47-18-17-46-16-15-45-14-13-35-33(42)43/h3-12,19,28,35H,13-18,20H2,1-2H3,(H,36,41)(H,42,43)/t28-/m0/s1. The molecule has 1 atom stereocenters. The smallest absolute Gasteiger partial charge is 0.404 e. The van der Waals surface area contributed by atoms with Gasteiger partial charge in [0.05, 0.1) is 51.4 Å². The molecule has 5 rings (SSSR count). The van der Waals surface area contributed by atoms with Crippen molar-refractivity contribution < 1.29 is 33.6 Å². The summed E-state index contributed by atoms with van der Waals surface area (Å²) in [4.78, 5) is 28.8. The Morgan fingerprint density at radius 3 is 2.34 bits per heavy atom. The highest BCUT2D eigenvalue weighted by Gasteiger charge is 2.30. The molecular formula is C33H35ClN6O7. The van der Waals surface area contributed by atoms with Gasteiger partial charge < -0.3 is 34.7 Å². The SMILES string of the molecule is COc1ccc2c(c1)C(c1ccc(Cl)cc1)=N[C@@H](CC(=O)Nc1ccc(OCCOCCOCCNC(=O)O)cc1)c1nnc(C)n1-2. The predicted molar refractivity (Wildman–Crippen MR) is 175 cm³/mol. The molecule has 3 N–H and O–H groups in total. The summed E-state index contributed by atoms with van der Waals surface area (Å²) < 4.78 is 23.9. The second-order valence-corrected chi connectivity index (χ2v) is 10.8. The molecule has 47 heavy (non-hydrogen) atoms. The first-order valence-electron chi connectivity index (χ1n) is 14.9. The van der Waals surface area contributed by atoms with E-state index in [1.807, 2.05) is 41.8 Å². The number of aryl methyl sites for hydroxylation is 1. The number of anilines is 1. The fourth-order valence-corrected chi connectivity index (χ4v) is 5.10. The van der Waals surface area contributed by atoms with Crippen molar-refractivity contribution in [3.8, 4) is 17.2 Å². The van der Waals surface area contributed by atoms with E-state index in [9.17, 15) is 9.59 Å². The minimum absolute atomic E-state index is 0.0235. The Morgan fingerprint density at radius 1 is 0.915 bits per heavy atom. The van der Waals surface area contributed by atoms with Crippen molar-refractivity contribution in [3.63, 3.8) is 0 Å². The van der Waals surface area contributed by atoms with Gasteiger partial charge >= 0.3 is 6.09 Å². The van der Waals surface area contributed by atoms with Crippen molar-refractivity contribution in [2.75, 3.05) is 52.0 Å². The molecule has 0 bridgehead atoms. The van der Waals surface area contributed by atoms with Gasteiger partial charge in [0.15, 0.2) is 5.82 Å². The second-order valence-electron chi connectivity index (χ2n) is 10.4. The van der Waals surface area contributed by atoms with Crippen molar-refractivity contribution in [1.29, 1.82) is 0 Å². The van der Waals surface area contributed by atoms with Gasteiger partial charge in [-0.05, 0) is 61.5 Å². The first-order valence-corrected chi connectivity index (χ1v) is 15.3. The third-order valence-electron chi connectivity index (χ3n) is 7.16. The summed E-state index contributed by atoms with van der Waals surface area (Å²) in [5, 5.41) is 23.0. The van der Waals surface area contributed by atoms with Gasteiger partial charge in [-0.3, -0.25) is 14.4 Å². The van der Waals surface area contributed by atoms with Gasteiger partial charge in [0.2, 0.25) is 5.91 Å². The molecule has 0 saturated heterocycles. The normalized spacial score (nSPS) is 13.5. The molecule has 14 heteroatoms. The van der Waals surface area contributed by atoms with Gasteiger partial charge in [-0.1, -0.05) is 23.7 Å². The van der Waals surface area contributed by atoms with Crippen LogP contribution in [-0.2, 0) is 14.3 Å². The Balaban J connectivity index is 1.21. The number of halogens is 1. The molecule has 0 radical (unpaired) electrons. The summed E-state index contributed by atoms with van der Waals surface area (Å²) >= 11 is 6.19. The molecule has 1 aromatic heterocycles. The van der Waals surface area contributed by atoms with Gasteiger partial charge in [0.25, 0.3) is 0 Å². The number of ether oxygens (including phenoxy) is 4. The minimum atomic E-state index is -1.08. The molecule has 0 fully saturated rings. The Hall–Kier alpha value is -4.98. The van der Waals surface area contributed by atoms with Crippen LogP contribution in [0.25, 0.3) is 5.69 Å². The van der Waals surface area contributed by atoms with Gasteiger partial charge in [0.1, 0.15) is 30.0 Å². The van der Waals surface area contributed by atoms with Crippen LogP contribution in [0.3, 0.4) is 0 Å².